The van der Waals surface area contributed by atoms with Crippen molar-refractivity contribution in [1.29, 1.82) is 0 Å². The van der Waals surface area contributed by atoms with Gasteiger partial charge in [0.15, 0.2) is 0 Å². The summed E-state index contributed by atoms with van der Waals surface area (Å²) in [6.07, 6.45) is 13.8. The predicted octanol–water partition coefficient (Wildman–Crippen LogP) is 10.8. The highest BCUT2D eigenvalue weighted by Gasteiger charge is 2.65. The maximum Gasteiger partial charge on any atom is 0.252 e. The van der Waals surface area contributed by atoms with Crippen LogP contribution in [0.2, 0.25) is 0 Å². The van der Waals surface area contributed by atoms with Crippen LogP contribution in [0, 0.1) is 17.8 Å². The van der Waals surface area contributed by atoms with Gasteiger partial charge in [-0.1, -0.05) is 106 Å². The highest BCUT2D eigenvalue weighted by atomic mass is 15.3. The van der Waals surface area contributed by atoms with E-state index in [1.807, 2.05) is 0 Å². The Bertz CT molecular complexity index is 2440. The van der Waals surface area contributed by atoms with Crippen LogP contribution in [0.1, 0.15) is 114 Å². The lowest BCUT2D eigenvalue weighted by molar-refractivity contribution is -0.00626. The molecule has 3 heterocycles. The average molecular weight is 703 g/mol. The third-order valence-electron chi connectivity index (χ3n) is 17.3. The van der Waals surface area contributed by atoms with Crippen LogP contribution in [0.3, 0.4) is 0 Å². The van der Waals surface area contributed by atoms with Crippen LogP contribution in [-0.4, -0.2) is 12.3 Å². The third kappa shape index (κ3) is 3.46. The summed E-state index contributed by atoms with van der Waals surface area (Å²) in [6, 6.07) is 38.4. The summed E-state index contributed by atoms with van der Waals surface area (Å²) in [7, 11) is 0. The Kier molecular flexibility index (Phi) is 5.71. The Morgan fingerprint density at radius 2 is 1.30 bits per heavy atom. The van der Waals surface area contributed by atoms with Crippen molar-refractivity contribution in [1.82, 2.24) is 0 Å². The lowest BCUT2D eigenvalue weighted by atomic mass is 9.33. The van der Waals surface area contributed by atoms with Crippen LogP contribution in [-0.2, 0) is 16.2 Å². The van der Waals surface area contributed by atoms with E-state index in [0.29, 0.717) is 0 Å². The van der Waals surface area contributed by atoms with Crippen LogP contribution in [0.5, 0.6) is 0 Å². The second-order valence-electron chi connectivity index (χ2n) is 20.2. The summed E-state index contributed by atoms with van der Waals surface area (Å²) in [5.74, 6) is 2.71. The first-order valence-corrected chi connectivity index (χ1v) is 21.5. The van der Waals surface area contributed by atoms with E-state index in [4.69, 9.17) is 0 Å². The van der Waals surface area contributed by atoms with Crippen molar-refractivity contribution >= 4 is 51.5 Å². The summed E-state index contributed by atoms with van der Waals surface area (Å²) < 4.78 is 0. The Labute approximate surface area is 322 Å². The molecule has 3 heteroatoms. The molecule has 2 atom stereocenters. The lowest BCUT2D eigenvalue weighted by Crippen LogP contribution is -2.64. The van der Waals surface area contributed by atoms with E-state index in [1.54, 1.807) is 22.3 Å². The van der Waals surface area contributed by atoms with Crippen molar-refractivity contribution < 1.29 is 0 Å². The molecule has 0 spiro atoms. The molecular formula is C51H51BN2. The van der Waals surface area contributed by atoms with E-state index in [9.17, 15) is 0 Å². The van der Waals surface area contributed by atoms with E-state index in [1.165, 1.54) is 120 Å². The normalized spacial score (nSPS) is 32.1. The van der Waals surface area contributed by atoms with Crippen molar-refractivity contribution in [3.8, 4) is 11.1 Å². The van der Waals surface area contributed by atoms with Gasteiger partial charge >= 0.3 is 0 Å². The summed E-state index contributed by atoms with van der Waals surface area (Å²) in [5, 5.41) is 0. The van der Waals surface area contributed by atoms with Gasteiger partial charge in [-0.3, -0.25) is 0 Å². The van der Waals surface area contributed by atoms with E-state index in [0.717, 1.165) is 17.8 Å². The van der Waals surface area contributed by atoms with E-state index < -0.39 is 0 Å². The molecule has 9 aliphatic rings. The summed E-state index contributed by atoms with van der Waals surface area (Å²) in [5.41, 5.74) is 21.5. The quantitative estimate of drug-likeness (QED) is 0.166. The van der Waals surface area contributed by atoms with Gasteiger partial charge in [-0.15, -0.1) is 0 Å². The molecule has 5 fully saturated rings. The van der Waals surface area contributed by atoms with Gasteiger partial charge in [0, 0.05) is 44.8 Å². The van der Waals surface area contributed by atoms with Crippen molar-refractivity contribution in [2.24, 2.45) is 17.8 Å². The van der Waals surface area contributed by atoms with Gasteiger partial charge in [0.2, 0.25) is 0 Å². The highest BCUT2D eigenvalue weighted by Crippen LogP contribution is 2.68. The molecule has 4 bridgehead atoms. The Morgan fingerprint density at radius 1 is 0.611 bits per heavy atom. The number of para-hydroxylation sites is 2. The second kappa shape index (κ2) is 9.95. The van der Waals surface area contributed by atoms with Crippen molar-refractivity contribution in [3.63, 3.8) is 0 Å². The molecule has 5 aromatic rings. The van der Waals surface area contributed by atoms with Crippen LogP contribution >= 0.6 is 0 Å². The number of hydrogen-bond donors (Lipinski definition) is 0. The Hall–Kier alpha value is -4.24. The SMILES string of the molecule is CC1(C)c2ccccc2-c2c1ccc1c2N(c2ccccc2)c2cc(C34CC5CC(CC(C5)C3)C4)c3c4c2B1c1ccccc1N4C1(C)CCCCC31C. The first-order chi connectivity index (χ1) is 26.2. The molecule has 3 aliphatic heterocycles. The first kappa shape index (κ1) is 31.0. The Balaban J connectivity index is 1.21. The molecule has 54 heavy (non-hydrogen) atoms. The minimum Gasteiger partial charge on any atom is -0.335 e. The van der Waals surface area contributed by atoms with Crippen LogP contribution in [0.25, 0.3) is 11.1 Å². The van der Waals surface area contributed by atoms with E-state index in [-0.39, 0.29) is 28.5 Å². The Morgan fingerprint density at radius 3 is 2.07 bits per heavy atom. The zero-order valence-corrected chi connectivity index (χ0v) is 32.5. The maximum absolute atomic E-state index is 2.97. The minimum absolute atomic E-state index is 0.0412. The molecule has 0 saturated heterocycles. The number of nitrogens with zero attached hydrogens (tertiary/aromatic N) is 2. The van der Waals surface area contributed by atoms with Gasteiger partial charge in [-0.25, -0.2) is 0 Å². The van der Waals surface area contributed by atoms with Gasteiger partial charge in [-0.05, 0) is 150 Å². The molecule has 5 saturated carbocycles. The van der Waals surface area contributed by atoms with Gasteiger partial charge in [0.1, 0.15) is 0 Å². The number of hydrogen-bond acceptors (Lipinski definition) is 2. The number of fused-ring (bicyclic) bond motifs is 12. The molecule has 0 aromatic heterocycles. The number of rotatable bonds is 2. The van der Waals surface area contributed by atoms with Crippen LogP contribution in [0.4, 0.5) is 28.4 Å². The topological polar surface area (TPSA) is 6.48 Å². The third-order valence-corrected chi connectivity index (χ3v) is 17.3. The molecule has 2 nitrogen and oxygen atoms in total. The van der Waals surface area contributed by atoms with Gasteiger partial charge < -0.3 is 9.80 Å². The molecule has 14 rings (SSSR count). The van der Waals surface area contributed by atoms with Crippen molar-refractivity contribution in [2.75, 3.05) is 9.80 Å². The van der Waals surface area contributed by atoms with Crippen LogP contribution < -0.4 is 26.2 Å². The highest BCUT2D eigenvalue weighted by molar-refractivity contribution is 7.00. The largest absolute Gasteiger partial charge is 0.335 e. The zero-order valence-electron chi connectivity index (χ0n) is 32.5. The molecule has 0 amide bonds. The van der Waals surface area contributed by atoms with Gasteiger partial charge in [-0.2, -0.15) is 0 Å². The summed E-state index contributed by atoms with van der Waals surface area (Å²) >= 11 is 0. The molecule has 268 valence electrons. The fraction of sp³-hybridized carbons (Fsp3) is 0.412. The zero-order chi connectivity index (χ0) is 35.9. The average Bonchev–Trinajstić information content (AvgIpc) is 3.54. The maximum atomic E-state index is 2.97. The molecular weight excluding hydrogens is 651 g/mol. The summed E-state index contributed by atoms with van der Waals surface area (Å²) in [4.78, 5) is 5.75. The van der Waals surface area contributed by atoms with Crippen LogP contribution in [0.15, 0.2) is 97.1 Å². The molecule has 0 N–H and O–H groups in total. The van der Waals surface area contributed by atoms with E-state index in [2.05, 4.69) is 135 Å². The molecule has 6 aliphatic carbocycles. The van der Waals surface area contributed by atoms with Crippen molar-refractivity contribution in [3.05, 3.63) is 119 Å². The minimum atomic E-state index is -0.0635. The smallest absolute Gasteiger partial charge is 0.252 e. The first-order valence-electron chi connectivity index (χ1n) is 21.5. The van der Waals surface area contributed by atoms with Gasteiger partial charge in [0.25, 0.3) is 6.71 Å². The molecule has 2 unspecified atom stereocenters. The fourth-order valence-electron chi connectivity index (χ4n) is 15.3. The number of benzene rings is 5. The van der Waals surface area contributed by atoms with Crippen molar-refractivity contribution in [2.45, 2.75) is 114 Å². The fourth-order valence-corrected chi connectivity index (χ4v) is 15.3. The monoisotopic (exact) mass is 702 g/mol. The lowest BCUT2D eigenvalue weighted by Gasteiger charge is -2.58. The predicted molar refractivity (Wildman–Crippen MR) is 226 cm³/mol. The molecule has 0 radical (unpaired) electrons. The summed E-state index contributed by atoms with van der Waals surface area (Å²) in [6.45, 7) is 10.5. The van der Waals surface area contributed by atoms with Gasteiger partial charge in [0.05, 0.1) is 5.54 Å². The number of anilines is 5. The standard InChI is InChI=1S/C51H51BN2/c1-48(2)36-17-9-8-16-35(36)43-37(48)20-21-40-46(43)53(34-14-6-5-7-15-34)42-27-38(51-28-31-24-32(29-51)26-33(25-31)30-51)44-47-45(42)52(40)39-18-10-11-19-41(39)54(47)50(4)23-13-12-22-49(44,50)3/h5-11,14-21,27,31-33H,12-13,22-26,28-30H2,1-4H3. The second-order valence-corrected chi connectivity index (χ2v) is 20.2. The molecule has 5 aromatic carbocycles. The van der Waals surface area contributed by atoms with E-state index >= 15 is 0 Å².